The lowest BCUT2D eigenvalue weighted by Crippen LogP contribution is -2.33. The first-order valence-electron chi connectivity index (χ1n) is 7.13. The van der Waals surface area contributed by atoms with Crippen molar-refractivity contribution in [1.29, 1.82) is 0 Å². The predicted molar refractivity (Wildman–Crippen MR) is 94.1 cm³/mol. The molecule has 0 saturated carbocycles. The van der Waals surface area contributed by atoms with E-state index in [1.165, 1.54) is 11.8 Å². The molecule has 7 heteroatoms. The quantitative estimate of drug-likeness (QED) is 0.849. The fraction of sp³-hybridized carbons (Fsp3) is 0.400. The van der Waals surface area contributed by atoms with E-state index in [2.05, 4.69) is 26.2 Å². The Morgan fingerprint density at radius 2 is 2.23 bits per heavy atom. The zero-order chi connectivity index (χ0) is 16.1. The minimum absolute atomic E-state index is 0.0379. The number of thioether (sulfide) groups is 1. The van der Waals surface area contributed by atoms with Gasteiger partial charge in [0.15, 0.2) is 5.17 Å². The van der Waals surface area contributed by atoms with Gasteiger partial charge < -0.3 is 5.32 Å². The van der Waals surface area contributed by atoms with E-state index in [-0.39, 0.29) is 18.2 Å². The van der Waals surface area contributed by atoms with Gasteiger partial charge in [-0.25, -0.2) is 0 Å². The van der Waals surface area contributed by atoms with Crippen molar-refractivity contribution in [2.45, 2.75) is 25.5 Å². The Balaban J connectivity index is 2.00. The van der Waals surface area contributed by atoms with E-state index in [1.54, 1.807) is 4.90 Å². The number of carbonyl (C=O) groups excluding carboxylic acids is 2. The van der Waals surface area contributed by atoms with E-state index in [0.29, 0.717) is 18.8 Å². The van der Waals surface area contributed by atoms with Crippen molar-refractivity contribution < 1.29 is 9.59 Å². The number of hydrogen-bond donors (Lipinski definition) is 1. The molecule has 5 nitrogen and oxygen atoms in total. The van der Waals surface area contributed by atoms with Crippen molar-refractivity contribution >= 4 is 50.4 Å². The molecule has 1 aliphatic heterocycles. The number of benzene rings is 1. The maximum Gasteiger partial charge on any atom is 0.242 e. The summed E-state index contributed by atoms with van der Waals surface area (Å²) in [5.41, 5.74) is 0.713. The molecular formula is C15H18BrN3O2S. The summed E-state index contributed by atoms with van der Waals surface area (Å²) in [5.74, 6) is -0.207. The van der Waals surface area contributed by atoms with Gasteiger partial charge in [0.25, 0.3) is 0 Å². The number of halogens is 1. The van der Waals surface area contributed by atoms with Crippen LogP contribution in [-0.4, -0.2) is 40.2 Å². The molecule has 1 N–H and O–H groups in total. The van der Waals surface area contributed by atoms with Crippen LogP contribution in [0.4, 0.5) is 5.69 Å². The van der Waals surface area contributed by atoms with E-state index in [0.717, 1.165) is 9.64 Å². The highest BCUT2D eigenvalue weighted by molar-refractivity contribution is 9.10. The first-order chi connectivity index (χ1) is 10.5. The topological polar surface area (TPSA) is 61.8 Å². The van der Waals surface area contributed by atoms with Gasteiger partial charge in [-0.3, -0.25) is 19.5 Å². The lowest BCUT2D eigenvalue weighted by molar-refractivity contribution is -0.128. The van der Waals surface area contributed by atoms with Gasteiger partial charge >= 0.3 is 0 Å². The Labute approximate surface area is 142 Å². The van der Waals surface area contributed by atoms with Crippen molar-refractivity contribution in [3.8, 4) is 0 Å². The van der Waals surface area contributed by atoms with Gasteiger partial charge in [0.1, 0.15) is 5.25 Å². The number of nitrogens with one attached hydrogen (secondary N) is 1. The molecule has 0 radical (unpaired) electrons. The monoisotopic (exact) mass is 383 g/mol. The lowest BCUT2D eigenvalue weighted by atomic mass is 10.2. The fourth-order valence-electron chi connectivity index (χ4n) is 2.13. The van der Waals surface area contributed by atoms with Crippen LogP contribution in [0.1, 0.15) is 20.3 Å². The van der Waals surface area contributed by atoms with Crippen LogP contribution < -0.4 is 5.32 Å². The molecule has 1 aromatic carbocycles. The summed E-state index contributed by atoms with van der Waals surface area (Å²) in [4.78, 5) is 30.4. The van der Waals surface area contributed by atoms with Crippen LogP contribution in [0, 0.1) is 0 Å². The van der Waals surface area contributed by atoms with Gasteiger partial charge in [-0.1, -0.05) is 33.8 Å². The lowest BCUT2D eigenvalue weighted by Gasteiger charge is -2.13. The van der Waals surface area contributed by atoms with E-state index in [4.69, 9.17) is 0 Å². The summed E-state index contributed by atoms with van der Waals surface area (Å²) >= 11 is 4.73. The SMILES string of the molecule is CCN=C1SC(CC(=O)Nc2cccc(Br)c2)C(=O)N1CC. The van der Waals surface area contributed by atoms with Crippen molar-refractivity contribution in [2.75, 3.05) is 18.4 Å². The number of rotatable bonds is 5. The molecule has 1 aromatic rings. The van der Waals surface area contributed by atoms with Crippen LogP contribution in [0.5, 0.6) is 0 Å². The second-order valence-electron chi connectivity index (χ2n) is 4.71. The third kappa shape index (κ3) is 4.10. The third-order valence-electron chi connectivity index (χ3n) is 3.11. The van der Waals surface area contributed by atoms with Crippen molar-refractivity contribution in [3.05, 3.63) is 28.7 Å². The van der Waals surface area contributed by atoms with Gasteiger partial charge in [-0.2, -0.15) is 0 Å². The number of hydrogen-bond acceptors (Lipinski definition) is 4. The third-order valence-corrected chi connectivity index (χ3v) is 4.82. The molecule has 1 unspecified atom stereocenters. The van der Waals surface area contributed by atoms with Gasteiger partial charge in [0, 0.05) is 29.7 Å². The molecule has 1 aliphatic rings. The molecule has 1 atom stereocenters. The average Bonchev–Trinajstić information content (AvgIpc) is 2.75. The Morgan fingerprint density at radius 3 is 2.86 bits per heavy atom. The Kier molecular flexibility index (Phi) is 6.02. The summed E-state index contributed by atoms with van der Waals surface area (Å²) in [6.45, 7) is 5.05. The maximum absolute atomic E-state index is 12.3. The first-order valence-corrected chi connectivity index (χ1v) is 8.80. The normalized spacial score (nSPS) is 19.8. The van der Waals surface area contributed by atoms with Gasteiger partial charge in [0.05, 0.1) is 0 Å². The van der Waals surface area contributed by atoms with Gasteiger partial charge in [0.2, 0.25) is 11.8 Å². The van der Waals surface area contributed by atoms with Crippen LogP contribution in [0.25, 0.3) is 0 Å². The molecule has 0 aromatic heterocycles. The van der Waals surface area contributed by atoms with Crippen molar-refractivity contribution in [3.63, 3.8) is 0 Å². The standard InChI is InChI=1S/C15H18BrN3O2S/c1-3-17-15-19(4-2)14(21)12(22-15)9-13(20)18-11-7-5-6-10(16)8-11/h5-8,12H,3-4,9H2,1-2H3,(H,18,20). The van der Waals surface area contributed by atoms with E-state index in [1.807, 2.05) is 38.1 Å². The second-order valence-corrected chi connectivity index (χ2v) is 6.79. The summed E-state index contributed by atoms with van der Waals surface area (Å²) in [5, 5.41) is 3.14. The Hall–Kier alpha value is -1.34. The Morgan fingerprint density at radius 1 is 1.45 bits per heavy atom. The molecule has 0 bridgehead atoms. The Bertz CT molecular complexity index is 606. The molecule has 1 saturated heterocycles. The fourth-order valence-corrected chi connectivity index (χ4v) is 3.80. The van der Waals surface area contributed by atoms with Gasteiger partial charge in [-0.15, -0.1) is 0 Å². The highest BCUT2D eigenvalue weighted by atomic mass is 79.9. The average molecular weight is 384 g/mol. The zero-order valence-corrected chi connectivity index (χ0v) is 14.9. The summed E-state index contributed by atoms with van der Waals surface area (Å²) in [7, 11) is 0. The smallest absolute Gasteiger partial charge is 0.242 e. The largest absolute Gasteiger partial charge is 0.326 e. The minimum Gasteiger partial charge on any atom is -0.326 e. The predicted octanol–water partition coefficient (Wildman–Crippen LogP) is 3.12. The molecule has 1 fully saturated rings. The number of aliphatic imine (C=N–C) groups is 1. The van der Waals surface area contributed by atoms with Gasteiger partial charge in [-0.05, 0) is 32.0 Å². The highest BCUT2D eigenvalue weighted by Crippen LogP contribution is 2.29. The molecular weight excluding hydrogens is 366 g/mol. The number of amides is 2. The van der Waals surface area contributed by atoms with E-state index >= 15 is 0 Å². The number of amidine groups is 1. The van der Waals surface area contributed by atoms with Crippen LogP contribution >= 0.6 is 27.7 Å². The van der Waals surface area contributed by atoms with Crippen LogP contribution in [0.3, 0.4) is 0 Å². The number of anilines is 1. The van der Waals surface area contributed by atoms with Crippen molar-refractivity contribution in [2.24, 2.45) is 4.99 Å². The molecule has 2 amide bonds. The van der Waals surface area contributed by atoms with E-state index < -0.39 is 5.25 Å². The molecule has 118 valence electrons. The maximum atomic E-state index is 12.3. The molecule has 0 aliphatic carbocycles. The number of carbonyl (C=O) groups is 2. The highest BCUT2D eigenvalue weighted by Gasteiger charge is 2.37. The summed E-state index contributed by atoms with van der Waals surface area (Å²) < 4.78 is 0.895. The molecule has 0 spiro atoms. The first kappa shape index (κ1) is 17.0. The van der Waals surface area contributed by atoms with Crippen molar-refractivity contribution in [1.82, 2.24) is 4.90 Å². The zero-order valence-electron chi connectivity index (χ0n) is 12.5. The van der Waals surface area contributed by atoms with Crippen LogP contribution in [0.2, 0.25) is 0 Å². The second kappa shape index (κ2) is 7.78. The molecule has 2 rings (SSSR count). The van der Waals surface area contributed by atoms with Crippen LogP contribution in [-0.2, 0) is 9.59 Å². The number of nitrogens with zero attached hydrogens (tertiary/aromatic N) is 2. The molecule has 22 heavy (non-hydrogen) atoms. The summed E-state index contributed by atoms with van der Waals surface area (Å²) in [6.07, 6.45) is 0.148. The van der Waals surface area contributed by atoms with Crippen LogP contribution in [0.15, 0.2) is 33.7 Å². The van der Waals surface area contributed by atoms with E-state index in [9.17, 15) is 9.59 Å². The summed E-state index contributed by atoms with van der Waals surface area (Å²) in [6, 6.07) is 7.37. The molecule has 1 heterocycles. The minimum atomic E-state index is -0.391.